The highest BCUT2D eigenvalue weighted by Gasteiger charge is 2.22. The summed E-state index contributed by atoms with van der Waals surface area (Å²) in [4.78, 5) is 24.8. The molecule has 2 N–H and O–H groups in total. The van der Waals surface area contributed by atoms with Crippen LogP contribution in [0.1, 0.15) is 34.6 Å². The Morgan fingerprint density at radius 2 is 1.56 bits per heavy atom. The Bertz CT molecular complexity index is 893. The van der Waals surface area contributed by atoms with Crippen LogP contribution in [-0.2, 0) is 4.79 Å². The van der Waals surface area contributed by atoms with E-state index in [1.165, 1.54) is 6.26 Å². The zero-order chi connectivity index (χ0) is 19.2. The molecule has 3 rings (SSSR count). The number of rotatable bonds is 6. The lowest BCUT2D eigenvalue weighted by atomic mass is 9.98. The molecule has 0 saturated heterocycles. The summed E-state index contributed by atoms with van der Waals surface area (Å²) in [6.45, 7) is 1.63. The molecule has 0 bridgehead atoms. The zero-order valence-corrected chi connectivity index (χ0v) is 15.4. The fourth-order valence-electron chi connectivity index (χ4n) is 2.67. The maximum atomic E-state index is 12.7. The predicted molar refractivity (Wildman–Crippen MR) is 104 cm³/mol. The topological polar surface area (TPSA) is 71.3 Å². The van der Waals surface area contributed by atoms with Gasteiger partial charge in [-0.2, -0.15) is 0 Å². The van der Waals surface area contributed by atoms with Gasteiger partial charge in [-0.15, -0.1) is 0 Å². The van der Waals surface area contributed by atoms with Crippen LogP contribution in [0.3, 0.4) is 0 Å². The SMILES string of the molecule is C[C@@H](NC(=O)c1ccco1)C(=O)N[C@H](c1ccccc1)c1ccc(Cl)cc1. The smallest absolute Gasteiger partial charge is 0.287 e. The van der Waals surface area contributed by atoms with Crippen LogP contribution in [0.25, 0.3) is 0 Å². The standard InChI is InChI=1S/C21H19ClN2O3/c1-14(23-21(26)18-8-5-13-27-18)20(25)24-19(15-6-3-2-4-7-15)16-9-11-17(22)12-10-16/h2-14,19H,1H3,(H,23,26)(H,24,25)/t14-,19-/m1/s1. The number of carbonyl (C=O) groups is 2. The van der Waals surface area contributed by atoms with Crippen LogP contribution in [0.4, 0.5) is 0 Å². The number of halogens is 1. The summed E-state index contributed by atoms with van der Waals surface area (Å²) in [7, 11) is 0. The molecule has 2 aromatic carbocycles. The Labute approximate surface area is 162 Å². The van der Waals surface area contributed by atoms with Gasteiger partial charge in [0, 0.05) is 5.02 Å². The molecule has 27 heavy (non-hydrogen) atoms. The summed E-state index contributed by atoms with van der Waals surface area (Å²) >= 11 is 5.98. The van der Waals surface area contributed by atoms with Crippen LogP contribution in [-0.4, -0.2) is 17.9 Å². The van der Waals surface area contributed by atoms with Gasteiger partial charge in [-0.25, -0.2) is 0 Å². The van der Waals surface area contributed by atoms with E-state index in [1.54, 1.807) is 31.2 Å². The van der Waals surface area contributed by atoms with Crippen molar-refractivity contribution >= 4 is 23.4 Å². The van der Waals surface area contributed by atoms with Crippen LogP contribution >= 0.6 is 11.6 Å². The van der Waals surface area contributed by atoms with E-state index < -0.39 is 11.9 Å². The second kappa shape index (κ2) is 8.56. The Hall–Kier alpha value is -3.05. The lowest BCUT2D eigenvalue weighted by Crippen LogP contribution is -2.46. The monoisotopic (exact) mass is 382 g/mol. The molecular weight excluding hydrogens is 364 g/mol. The summed E-state index contributed by atoms with van der Waals surface area (Å²) in [6, 6.07) is 19.0. The Balaban J connectivity index is 1.76. The van der Waals surface area contributed by atoms with E-state index in [1.807, 2.05) is 42.5 Å². The molecule has 2 amide bonds. The summed E-state index contributed by atoms with van der Waals surface area (Å²) in [5.74, 6) is -0.587. The number of benzene rings is 2. The third-order valence-electron chi connectivity index (χ3n) is 4.11. The average Bonchev–Trinajstić information content (AvgIpc) is 3.22. The maximum absolute atomic E-state index is 12.7. The molecular formula is C21H19ClN2O3. The molecule has 1 heterocycles. The molecule has 6 heteroatoms. The first-order chi connectivity index (χ1) is 13.0. The average molecular weight is 383 g/mol. The van der Waals surface area contributed by atoms with E-state index >= 15 is 0 Å². The molecule has 0 aliphatic heterocycles. The number of amides is 2. The molecule has 0 aliphatic carbocycles. The van der Waals surface area contributed by atoms with Crippen molar-refractivity contribution in [2.75, 3.05) is 0 Å². The Morgan fingerprint density at radius 1 is 0.889 bits per heavy atom. The lowest BCUT2D eigenvalue weighted by Gasteiger charge is -2.22. The fraction of sp³-hybridized carbons (Fsp3) is 0.143. The van der Waals surface area contributed by atoms with E-state index in [9.17, 15) is 9.59 Å². The van der Waals surface area contributed by atoms with E-state index in [4.69, 9.17) is 16.0 Å². The number of carbonyl (C=O) groups excluding carboxylic acids is 2. The molecule has 5 nitrogen and oxygen atoms in total. The Morgan fingerprint density at radius 3 is 2.19 bits per heavy atom. The molecule has 3 aromatic rings. The van der Waals surface area contributed by atoms with Crippen molar-refractivity contribution < 1.29 is 14.0 Å². The van der Waals surface area contributed by atoms with Gasteiger partial charge in [0.2, 0.25) is 5.91 Å². The third kappa shape index (κ3) is 4.77. The molecule has 0 fully saturated rings. The summed E-state index contributed by atoms with van der Waals surface area (Å²) in [5, 5.41) is 6.25. The summed E-state index contributed by atoms with van der Waals surface area (Å²) in [5.41, 5.74) is 1.82. The minimum atomic E-state index is -0.735. The summed E-state index contributed by atoms with van der Waals surface area (Å²) in [6.07, 6.45) is 1.41. The quantitative estimate of drug-likeness (QED) is 0.678. The van der Waals surface area contributed by atoms with Crippen LogP contribution in [0.15, 0.2) is 77.4 Å². The van der Waals surface area contributed by atoms with Gasteiger partial charge in [-0.3, -0.25) is 9.59 Å². The molecule has 0 saturated carbocycles. The third-order valence-corrected chi connectivity index (χ3v) is 4.36. The second-order valence-corrected chi connectivity index (χ2v) is 6.51. The van der Waals surface area contributed by atoms with Gasteiger partial charge in [-0.05, 0) is 42.3 Å². The van der Waals surface area contributed by atoms with Gasteiger partial charge in [-0.1, -0.05) is 54.1 Å². The van der Waals surface area contributed by atoms with Crippen LogP contribution < -0.4 is 10.6 Å². The van der Waals surface area contributed by atoms with Crippen molar-refractivity contribution in [3.05, 3.63) is 94.9 Å². The van der Waals surface area contributed by atoms with Crippen molar-refractivity contribution in [1.29, 1.82) is 0 Å². The summed E-state index contributed by atoms with van der Waals surface area (Å²) < 4.78 is 5.05. The van der Waals surface area contributed by atoms with E-state index in [0.717, 1.165) is 11.1 Å². The van der Waals surface area contributed by atoms with Crippen molar-refractivity contribution in [1.82, 2.24) is 10.6 Å². The minimum Gasteiger partial charge on any atom is -0.459 e. The maximum Gasteiger partial charge on any atom is 0.287 e. The molecule has 0 radical (unpaired) electrons. The number of hydrogen-bond donors (Lipinski definition) is 2. The molecule has 0 spiro atoms. The molecule has 1 aromatic heterocycles. The first kappa shape index (κ1) is 18.7. The highest BCUT2D eigenvalue weighted by atomic mass is 35.5. The predicted octanol–water partition coefficient (Wildman–Crippen LogP) is 3.96. The van der Waals surface area contributed by atoms with Crippen LogP contribution in [0, 0.1) is 0 Å². The Kier molecular flexibility index (Phi) is 5.94. The van der Waals surface area contributed by atoms with Crippen molar-refractivity contribution in [3.8, 4) is 0 Å². The van der Waals surface area contributed by atoms with E-state index in [0.29, 0.717) is 5.02 Å². The number of nitrogens with one attached hydrogen (secondary N) is 2. The van der Waals surface area contributed by atoms with E-state index in [-0.39, 0.29) is 17.7 Å². The highest BCUT2D eigenvalue weighted by Crippen LogP contribution is 2.23. The fourth-order valence-corrected chi connectivity index (χ4v) is 2.79. The van der Waals surface area contributed by atoms with Gasteiger partial charge >= 0.3 is 0 Å². The van der Waals surface area contributed by atoms with Crippen LogP contribution in [0.2, 0.25) is 5.02 Å². The largest absolute Gasteiger partial charge is 0.459 e. The van der Waals surface area contributed by atoms with Gasteiger partial charge in [0.15, 0.2) is 5.76 Å². The first-order valence-corrected chi connectivity index (χ1v) is 8.87. The van der Waals surface area contributed by atoms with Crippen LogP contribution in [0.5, 0.6) is 0 Å². The number of furan rings is 1. The van der Waals surface area contributed by atoms with E-state index in [2.05, 4.69) is 10.6 Å². The van der Waals surface area contributed by atoms with Crippen molar-refractivity contribution in [2.45, 2.75) is 19.0 Å². The second-order valence-electron chi connectivity index (χ2n) is 6.08. The van der Waals surface area contributed by atoms with Gasteiger partial charge < -0.3 is 15.1 Å². The number of hydrogen-bond acceptors (Lipinski definition) is 3. The van der Waals surface area contributed by atoms with Gasteiger partial charge in [0.05, 0.1) is 12.3 Å². The first-order valence-electron chi connectivity index (χ1n) is 8.50. The molecule has 138 valence electrons. The van der Waals surface area contributed by atoms with Gasteiger partial charge in [0.1, 0.15) is 6.04 Å². The normalized spacial score (nSPS) is 12.8. The minimum absolute atomic E-state index is 0.159. The molecule has 0 unspecified atom stereocenters. The highest BCUT2D eigenvalue weighted by molar-refractivity contribution is 6.30. The van der Waals surface area contributed by atoms with Crippen molar-refractivity contribution in [3.63, 3.8) is 0 Å². The molecule has 0 aliphatic rings. The lowest BCUT2D eigenvalue weighted by molar-refractivity contribution is -0.123. The zero-order valence-electron chi connectivity index (χ0n) is 14.7. The molecule has 2 atom stereocenters. The van der Waals surface area contributed by atoms with Crippen molar-refractivity contribution in [2.24, 2.45) is 0 Å². The van der Waals surface area contributed by atoms with Gasteiger partial charge in [0.25, 0.3) is 5.91 Å².